The summed E-state index contributed by atoms with van der Waals surface area (Å²) in [5, 5.41) is 3.14. The summed E-state index contributed by atoms with van der Waals surface area (Å²) >= 11 is 11.1. The zero-order valence-corrected chi connectivity index (χ0v) is 16.6. The molecule has 29 heavy (non-hydrogen) atoms. The molecule has 2 amide bonds. The molecule has 0 saturated carbocycles. The summed E-state index contributed by atoms with van der Waals surface area (Å²) in [6, 6.07) is 19.8. The van der Waals surface area contributed by atoms with Gasteiger partial charge in [-0.2, -0.15) is 0 Å². The molecule has 0 unspecified atom stereocenters. The number of thiocarbonyl (C=S) groups is 1. The molecule has 7 heteroatoms. The highest BCUT2D eigenvalue weighted by atomic mass is 35.5. The van der Waals surface area contributed by atoms with Crippen LogP contribution < -0.4 is 10.2 Å². The van der Waals surface area contributed by atoms with Crippen LogP contribution in [-0.4, -0.2) is 21.9 Å². The van der Waals surface area contributed by atoms with E-state index in [1.807, 2.05) is 42.5 Å². The summed E-state index contributed by atoms with van der Waals surface area (Å²) in [5.41, 5.74) is 3.03. The van der Waals surface area contributed by atoms with Crippen molar-refractivity contribution in [2.45, 2.75) is 0 Å². The van der Waals surface area contributed by atoms with E-state index < -0.39 is 11.8 Å². The molecule has 1 aliphatic heterocycles. The Balaban J connectivity index is 1.65. The predicted molar refractivity (Wildman–Crippen MR) is 117 cm³/mol. The van der Waals surface area contributed by atoms with Crippen molar-refractivity contribution < 1.29 is 9.59 Å². The van der Waals surface area contributed by atoms with Gasteiger partial charge in [0.15, 0.2) is 5.11 Å². The van der Waals surface area contributed by atoms with Gasteiger partial charge in [0.05, 0.1) is 11.4 Å². The fraction of sp³-hybridized carbons (Fsp3) is 0. The lowest BCUT2D eigenvalue weighted by Gasteiger charge is -2.28. The molecular weight excluding hydrogens is 406 g/mol. The Hall–Kier alpha value is -3.35. The van der Waals surface area contributed by atoms with Gasteiger partial charge in [0.25, 0.3) is 11.8 Å². The molecule has 4 rings (SSSR count). The Bertz CT molecular complexity index is 1130. The van der Waals surface area contributed by atoms with Crippen molar-refractivity contribution in [2.75, 3.05) is 4.90 Å². The minimum atomic E-state index is -0.529. The summed E-state index contributed by atoms with van der Waals surface area (Å²) in [7, 11) is 0. The Morgan fingerprint density at radius 3 is 2.34 bits per heavy atom. The lowest BCUT2D eigenvalue weighted by atomic mass is 10.0. The van der Waals surface area contributed by atoms with Gasteiger partial charge in [-0.25, -0.2) is 0 Å². The van der Waals surface area contributed by atoms with Gasteiger partial charge in [0, 0.05) is 16.8 Å². The largest absolute Gasteiger partial charge is 0.298 e. The van der Waals surface area contributed by atoms with Crippen LogP contribution in [0.4, 0.5) is 5.69 Å². The van der Waals surface area contributed by atoms with E-state index in [-0.39, 0.29) is 10.7 Å². The highest BCUT2D eigenvalue weighted by Gasteiger charge is 2.34. The molecular formula is C22H14ClN3O2S. The molecule has 5 nitrogen and oxygen atoms in total. The topological polar surface area (TPSA) is 62.3 Å². The van der Waals surface area contributed by atoms with Crippen LogP contribution in [0.2, 0.25) is 5.02 Å². The van der Waals surface area contributed by atoms with E-state index in [9.17, 15) is 9.59 Å². The maximum atomic E-state index is 13.0. The first kappa shape index (κ1) is 19.0. The zero-order chi connectivity index (χ0) is 20.4. The van der Waals surface area contributed by atoms with E-state index in [1.165, 1.54) is 4.90 Å². The number of hydrogen-bond donors (Lipinski definition) is 1. The van der Waals surface area contributed by atoms with Gasteiger partial charge in [-0.05, 0) is 60.3 Å². The van der Waals surface area contributed by atoms with Crippen LogP contribution in [-0.2, 0) is 9.59 Å². The zero-order valence-electron chi connectivity index (χ0n) is 15.0. The fourth-order valence-electron chi connectivity index (χ4n) is 2.93. The van der Waals surface area contributed by atoms with E-state index in [2.05, 4.69) is 10.3 Å². The van der Waals surface area contributed by atoms with Crippen molar-refractivity contribution in [3.05, 3.63) is 89.1 Å². The van der Waals surface area contributed by atoms with E-state index in [0.717, 1.165) is 11.3 Å². The van der Waals surface area contributed by atoms with Crippen LogP contribution in [0.1, 0.15) is 5.56 Å². The lowest BCUT2D eigenvalue weighted by Crippen LogP contribution is -2.54. The number of aromatic nitrogens is 1. The van der Waals surface area contributed by atoms with Crippen molar-refractivity contribution in [2.24, 2.45) is 0 Å². The summed E-state index contributed by atoms with van der Waals surface area (Å²) < 4.78 is 0. The van der Waals surface area contributed by atoms with Gasteiger partial charge in [0.2, 0.25) is 0 Å². The van der Waals surface area contributed by atoms with Crippen LogP contribution in [0.15, 0.2) is 78.5 Å². The second-order valence-corrected chi connectivity index (χ2v) is 7.09. The first-order valence-corrected chi connectivity index (χ1v) is 9.50. The van der Waals surface area contributed by atoms with Crippen molar-refractivity contribution >= 4 is 52.5 Å². The SMILES string of the molecule is O=C1NC(=S)N(c2ccc(Cl)cc2)C(=O)/C1=C\c1ccc(-c2ccccn2)cc1. The highest BCUT2D eigenvalue weighted by Crippen LogP contribution is 2.24. The van der Waals surface area contributed by atoms with Gasteiger partial charge in [0.1, 0.15) is 5.57 Å². The van der Waals surface area contributed by atoms with E-state index in [4.69, 9.17) is 23.8 Å². The van der Waals surface area contributed by atoms with Crippen LogP contribution in [0, 0.1) is 0 Å². The summed E-state index contributed by atoms with van der Waals surface area (Å²) in [6.45, 7) is 0. The van der Waals surface area contributed by atoms with E-state index >= 15 is 0 Å². The van der Waals surface area contributed by atoms with Crippen LogP contribution in [0.3, 0.4) is 0 Å². The number of amides is 2. The lowest BCUT2D eigenvalue weighted by molar-refractivity contribution is -0.122. The summed E-state index contributed by atoms with van der Waals surface area (Å²) in [5.74, 6) is -1.02. The van der Waals surface area contributed by atoms with Gasteiger partial charge >= 0.3 is 0 Å². The molecule has 0 spiro atoms. The van der Waals surface area contributed by atoms with Gasteiger partial charge in [-0.3, -0.25) is 24.8 Å². The Kier molecular flexibility index (Phi) is 5.20. The number of anilines is 1. The van der Waals surface area contributed by atoms with Crippen molar-refractivity contribution in [1.29, 1.82) is 0 Å². The average Bonchev–Trinajstić information content (AvgIpc) is 2.73. The van der Waals surface area contributed by atoms with Gasteiger partial charge < -0.3 is 0 Å². The highest BCUT2D eigenvalue weighted by molar-refractivity contribution is 7.80. The molecule has 1 fully saturated rings. The Morgan fingerprint density at radius 1 is 0.966 bits per heavy atom. The molecule has 3 aromatic rings. The third-order valence-corrected chi connectivity index (χ3v) is 4.91. The minimum Gasteiger partial charge on any atom is -0.298 e. The molecule has 0 radical (unpaired) electrons. The number of nitrogens with zero attached hydrogens (tertiary/aromatic N) is 2. The normalized spacial score (nSPS) is 15.6. The minimum absolute atomic E-state index is 0.000800. The standard InChI is InChI=1S/C22H14ClN3O2S/c23-16-8-10-17(11-9-16)26-21(28)18(20(27)25-22(26)29)13-14-4-6-15(7-5-14)19-3-1-2-12-24-19/h1-13H,(H,25,27,29)/b18-13-. The maximum absolute atomic E-state index is 13.0. The molecule has 0 bridgehead atoms. The average molecular weight is 420 g/mol. The number of halogens is 1. The molecule has 2 heterocycles. The third kappa shape index (κ3) is 3.94. The summed E-state index contributed by atoms with van der Waals surface area (Å²) in [6.07, 6.45) is 3.27. The fourth-order valence-corrected chi connectivity index (χ4v) is 3.34. The van der Waals surface area contributed by atoms with Crippen LogP contribution in [0.5, 0.6) is 0 Å². The second-order valence-electron chi connectivity index (χ2n) is 6.27. The quantitative estimate of drug-likeness (QED) is 0.392. The monoisotopic (exact) mass is 419 g/mol. The number of pyridine rings is 1. The smallest absolute Gasteiger partial charge is 0.270 e. The van der Waals surface area contributed by atoms with Crippen molar-refractivity contribution in [3.63, 3.8) is 0 Å². The first-order chi connectivity index (χ1) is 14.0. The molecule has 1 saturated heterocycles. The van der Waals surface area contributed by atoms with Crippen molar-refractivity contribution in [3.8, 4) is 11.3 Å². The van der Waals surface area contributed by atoms with Gasteiger partial charge in [-0.15, -0.1) is 0 Å². The number of rotatable bonds is 3. The van der Waals surface area contributed by atoms with Crippen LogP contribution >= 0.6 is 23.8 Å². The number of carbonyl (C=O) groups is 2. The number of benzene rings is 2. The molecule has 1 aromatic heterocycles. The maximum Gasteiger partial charge on any atom is 0.270 e. The molecule has 2 aromatic carbocycles. The Morgan fingerprint density at radius 2 is 1.69 bits per heavy atom. The number of carbonyl (C=O) groups excluding carboxylic acids is 2. The third-order valence-electron chi connectivity index (χ3n) is 4.37. The predicted octanol–water partition coefficient (Wildman–Crippen LogP) is 4.23. The molecule has 0 atom stereocenters. The molecule has 142 valence electrons. The van der Waals surface area contributed by atoms with Crippen molar-refractivity contribution in [1.82, 2.24) is 10.3 Å². The van der Waals surface area contributed by atoms with E-state index in [0.29, 0.717) is 16.3 Å². The number of hydrogen-bond acceptors (Lipinski definition) is 4. The molecule has 1 aliphatic rings. The van der Waals surface area contributed by atoms with Crippen LogP contribution in [0.25, 0.3) is 17.3 Å². The number of nitrogens with one attached hydrogen (secondary N) is 1. The summed E-state index contributed by atoms with van der Waals surface area (Å²) in [4.78, 5) is 31.0. The first-order valence-electron chi connectivity index (χ1n) is 8.71. The Labute approximate surface area is 177 Å². The van der Waals surface area contributed by atoms with E-state index in [1.54, 1.807) is 36.5 Å². The van der Waals surface area contributed by atoms with Gasteiger partial charge in [-0.1, -0.05) is 41.9 Å². The molecule has 0 aliphatic carbocycles. The molecule has 1 N–H and O–H groups in total. The second kappa shape index (κ2) is 7.95.